The largest absolute Gasteiger partial charge is 0.324 e. The molecule has 0 aromatic heterocycles. The van der Waals surface area contributed by atoms with Gasteiger partial charge in [0, 0.05) is 6.54 Å². The van der Waals surface area contributed by atoms with Gasteiger partial charge in [-0.2, -0.15) is 5.26 Å². The Bertz CT molecular complexity index is 70.6. The van der Waals surface area contributed by atoms with Crippen LogP contribution >= 0.6 is 0 Å². The molecule has 0 saturated heterocycles. The van der Waals surface area contributed by atoms with Crippen molar-refractivity contribution in [3.05, 3.63) is 0 Å². The summed E-state index contributed by atoms with van der Waals surface area (Å²) in [6.07, 6.45) is 1.85. The molecule has 0 aliphatic heterocycles. The fourth-order valence-electron chi connectivity index (χ4n) is 0.250. The van der Waals surface area contributed by atoms with E-state index >= 15 is 0 Å². The van der Waals surface area contributed by atoms with E-state index in [1.807, 2.05) is 6.19 Å². The van der Waals surface area contributed by atoms with Crippen LogP contribution in [0, 0.1) is 17.4 Å². The van der Waals surface area contributed by atoms with E-state index in [4.69, 9.17) is 5.26 Å². The smallest absolute Gasteiger partial charge is 0.176 e. The van der Waals surface area contributed by atoms with Gasteiger partial charge >= 0.3 is 0 Å². The topological polar surface area (TPSA) is 35.8 Å². The molecule has 7 heavy (non-hydrogen) atoms. The van der Waals surface area contributed by atoms with Crippen LogP contribution in [0.1, 0.15) is 13.8 Å². The van der Waals surface area contributed by atoms with Gasteiger partial charge in [-0.1, -0.05) is 13.8 Å². The van der Waals surface area contributed by atoms with Gasteiger partial charge in [-0.05, 0) is 5.92 Å². The summed E-state index contributed by atoms with van der Waals surface area (Å²) in [4.78, 5) is 0. The van der Waals surface area contributed by atoms with Crippen molar-refractivity contribution in [3.8, 4) is 6.19 Å². The average molecular weight is 98.1 g/mol. The summed E-state index contributed by atoms with van der Waals surface area (Å²) in [5.41, 5.74) is 0. The number of hydrogen-bond donors (Lipinski definition) is 1. The summed E-state index contributed by atoms with van der Waals surface area (Å²) in [5, 5.41) is 10.5. The van der Waals surface area contributed by atoms with Crippen molar-refractivity contribution >= 4 is 0 Å². The summed E-state index contributed by atoms with van der Waals surface area (Å²) in [6.45, 7) is 4.91. The van der Waals surface area contributed by atoms with Gasteiger partial charge in [0.2, 0.25) is 0 Å². The summed E-state index contributed by atoms with van der Waals surface area (Å²) in [6, 6.07) is 0. The van der Waals surface area contributed by atoms with Crippen molar-refractivity contribution in [2.75, 3.05) is 6.54 Å². The van der Waals surface area contributed by atoms with Gasteiger partial charge < -0.3 is 5.32 Å². The molecule has 0 spiro atoms. The lowest BCUT2D eigenvalue weighted by Gasteiger charge is -1.97. The molecule has 0 fully saturated rings. The number of rotatable bonds is 2. The Hall–Kier alpha value is -0.710. The third-order valence-corrected chi connectivity index (χ3v) is 0.589. The van der Waals surface area contributed by atoms with Crippen molar-refractivity contribution in [1.29, 1.82) is 5.26 Å². The van der Waals surface area contributed by atoms with Gasteiger partial charge in [0.25, 0.3) is 0 Å². The van der Waals surface area contributed by atoms with Gasteiger partial charge in [-0.3, -0.25) is 0 Å². The zero-order valence-corrected chi connectivity index (χ0v) is 4.73. The van der Waals surface area contributed by atoms with Crippen LogP contribution in [0.4, 0.5) is 0 Å². The number of nitrogens with one attached hydrogen (secondary N) is 1. The molecule has 0 aromatic rings. The van der Waals surface area contributed by atoms with E-state index < -0.39 is 0 Å². The van der Waals surface area contributed by atoms with E-state index in [2.05, 4.69) is 19.2 Å². The van der Waals surface area contributed by atoms with Gasteiger partial charge in [-0.15, -0.1) is 0 Å². The Balaban J connectivity index is 2.86. The Morgan fingerprint density at radius 3 is 2.43 bits per heavy atom. The SMILES string of the molecule is CC(C)CNC#N. The van der Waals surface area contributed by atoms with Crippen molar-refractivity contribution in [3.63, 3.8) is 0 Å². The van der Waals surface area contributed by atoms with Crippen LogP contribution in [-0.2, 0) is 0 Å². The van der Waals surface area contributed by atoms with E-state index in [0.29, 0.717) is 5.92 Å². The molecule has 0 bridgehead atoms. The molecular weight excluding hydrogens is 88.1 g/mol. The number of hydrogen-bond acceptors (Lipinski definition) is 2. The first-order valence-corrected chi connectivity index (χ1v) is 2.39. The van der Waals surface area contributed by atoms with Crippen molar-refractivity contribution in [2.24, 2.45) is 5.92 Å². The molecule has 0 heterocycles. The van der Waals surface area contributed by atoms with Gasteiger partial charge in [-0.25, -0.2) is 0 Å². The molecule has 0 rings (SSSR count). The Labute approximate surface area is 44.1 Å². The molecule has 0 saturated carbocycles. The minimum Gasteiger partial charge on any atom is -0.324 e. The van der Waals surface area contributed by atoms with E-state index in [0.717, 1.165) is 6.54 Å². The predicted molar refractivity (Wildman–Crippen MR) is 28.5 cm³/mol. The first-order valence-electron chi connectivity index (χ1n) is 2.39. The summed E-state index contributed by atoms with van der Waals surface area (Å²) >= 11 is 0. The normalized spacial score (nSPS) is 8.29. The summed E-state index contributed by atoms with van der Waals surface area (Å²) in [7, 11) is 0. The maximum atomic E-state index is 7.95. The maximum Gasteiger partial charge on any atom is 0.176 e. The lowest BCUT2D eigenvalue weighted by atomic mass is 10.2. The number of nitrogens with zero attached hydrogens (tertiary/aromatic N) is 1. The van der Waals surface area contributed by atoms with Crippen molar-refractivity contribution in [1.82, 2.24) is 5.32 Å². The second-order valence-corrected chi connectivity index (χ2v) is 1.89. The summed E-state index contributed by atoms with van der Waals surface area (Å²) < 4.78 is 0. The fraction of sp³-hybridized carbons (Fsp3) is 0.800. The Morgan fingerprint density at radius 1 is 1.71 bits per heavy atom. The van der Waals surface area contributed by atoms with Crippen LogP contribution < -0.4 is 5.32 Å². The van der Waals surface area contributed by atoms with Crippen LogP contribution in [0.15, 0.2) is 0 Å². The lowest BCUT2D eigenvalue weighted by molar-refractivity contribution is 0.616. The number of nitriles is 1. The molecule has 2 heteroatoms. The molecule has 0 aliphatic rings. The molecule has 40 valence electrons. The van der Waals surface area contributed by atoms with E-state index in [1.54, 1.807) is 0 Å². The second kappa shape index (κ2) is 3.48. The molecule has 2 nitrogen and oxygen atoms in total. The molecule has 1 N–H and O–H groups in total. The van der Waals surface area contributed by atoms with Gasteiger partial charge in [0.15, 0.2) is 6.19 Å². The average Bonchev–Trinajstić information content (AvgIpc) is 1.61. The highest BCUT2D eigenvalue weighted by Gasteiger charge is 1.86. The van der Waals surface area contributed by atoms with Crippen LogP contribution in [0.3, 0.4) is 0 Å². The van der Waals surface area contributed by atoms with Crippen LogP contribution in [-0.4, -0.2) is 6.54 Å². The minimum absolute atomic E-state index is 0.569. The van der Waals surface area contributed by atoms with E-state index in [9.17, 15) is 0 Å². The highest BCUT2D eigenvalue weighted by atomic mass is 14.8. The van der Waals surface area contributed by atoms with Crippen LogP contribution in [0.2, 0.25) is 0 Å². The Morgan fingerprint density at radius 2 is 2.29 bits per heavy atom. The van der Waals surface area contributed by atoms with Crippen molar-refractivity contribution < 1.29 is 0 Å². The second-order valence-electron chi connectivity index (χ2n) is 1.89. The zero-order valence-electron chi connectivity index (χ0n) is 4.73. The molecule has 0 unspecified atom stereocenters. The van der Waals surface area contributed by atoms with Crippen LogP contribution in [0.25, 0.3) is 0 Å². The zero-order chi connectivity index (χ0) is 5.70. The molecule has 0 aromatic carbocycles. The van der Waals surface area contributed by atoms with Crippen molar-refractivity contribution in [2.45, 2.75) is 13.8 Å². The van der Waals surface area contributed by atoms with E-state index in [-0.39, 0.29) is 0 Å². The molecule has 0 atom stereocenters. The molecule has 0 radical (unpaired) electrons. The molecular formula is C5H10N2. The first kappa shape index (κ1) is 6.29. The Kier molecular flexibility index (Phi) is 3.13. The maximum absolute atomic E-state index is 7.95. The predicted octanol–water partition coefficient (Wildman–Crippen LogP) is 0.713. The highest BCUT2D eigenvalue weighted by molar-refractivity contribution is 4.64. The lowest BCUT2D eigenvalue weighted by Crippen LogP contribution is -2.12. The fourth-order valence-corrected chi connectivity index (χ4v) is 0.250. The van der Waals surface area contributed by atoms with Crippen LogP contribution in [0.5, 0.6) is 0 Å². The third kappa shape index (κ3) is 5.29. The molecule has 0 amide bonds. The van der Waals surface area contributed by atoms with Gasteiger partial charge in [0.1, 0.15) is 0 Å². The quantitative estimate of drug-likeness (QED) is 0.408. The van der Waals surface area contributed by atoms with Gasteiger partial charge in [0.05, 0.1) is 0 Å². The minimum atomic E-state index is 0.569. The standard InChI is InChI=1S/C5H10N2/c1-5(2)3-7-4-6/h5,7H,3H2,1-2H3. The monoisotopic (exact) mass is 98.1 g/mol. The third-order valence-electron chi connectivity index (χ3n) is 0.589. The van der Waals surface area contributed by atoms with E-state index in [1.165, 1.54) is 0 Å². The first-order chi connectivity index (χ1) is 3.27. The highest BCUT2D eigenvalue weighted by Crippen LogP contribution is 1.84. The summed E-state index contributed by atoms with van der Waals surface area (Å²) in [5.74, 6) is 0.569. The molecule has 0 aliphatic carbocycles.